The third kappa shape index (κ3) is 3.43. The Kier molecular flexibility index (Phi) is 4.18. The molecule has 6 nitrogen and oxygen atoms in total. The summed E-state index contributed by atoms with van der Waals surface area (Å²) in [6.07, 6.45) is 1.08. The van der Waals surface area contributed by atoms with Crippen molar-refractivity contribution in [3.05, 3.63) is 57.5 Å². The highest BCUT2D eigenvalue weighted by Crippen LogP contribution is 2.18. The predicted molar refractivity (Wildman–Crippen MR) is 84.0 cm³/mol. The van der Waals surface area contributed by atoms with E-state index in [2.05, 4.69) is 10.3 Å². The van der Waals surface area contributed by atoms with Gasteiger partial charge in [0.2, 0.25) is 5.56 Å². The molecule has 0 aliphatic heterocycles. The van der Waals surface area contributed by atoms with E-state index in [-0.39, 0.29) is 16.0 Å². The van der Waals surface area contributed by atoms with Crippen LogP contribution in [-0.2, 0) is 9.84 Å². The van der Waals surface area contributed by atoms with Crippen LogP contribution in [0.25, 0.3) is 0 Å². The van der Waals surface area contributed by atoms with Gasteiger partial charge in [-0.05, 0) is 37.6 Å². The maximum Gasteiger partial charge on any atom is 0.255 e. The molecular weight excluding hydrogens is 304 g/mol. The molecule has 0 saturated carbocycles. The van der Waals surface area contributed by atoms with Crippen molar-refractivity contribution in [1.29, 1.82) is 0 Å². The third-order valence-electron chi connectivity index (χ3n) is 3.19. The number of aryl methyl sites for hydroxylation is 2. The number of carbonyl (C=O) groups excluding carboxylic acids is 1. The Hall–Kier alpha value is -2.41. The van der Waals surface area contributed by atoms with Crippen LogP contribution in [0.2, 0.25) is 0 Å². The summed E-state index contributed by atoms with van der Waals surface area (Å²) >= 11 is 0. The standard InChI is InChI=1S/C15H16N2O4S/c1-9-7-13(18)16-10(2)14(9)17-15(19)11-5-4-6-12(8-11)22(3,20)21/h4-8H,1-3H3,(H,16,18)(H,17,19). The van der Waals surface area contributed by atoms with E-state index in [1.54, 1.807) is 13.8 Å². The minimum Gasteiger partial charge on any atom is -0.324 e. The van der Waals surface area contributed by atoms with Crippen LogP contribution in [0.1, 0.15) is 21.6 Å². The molecule has 0 aliphatic rings. The van der Waals surface area contributed by atoms with E-state index < -0.39 is 15.7 Å². The smallest absolute Gasteiger partial charge is 0.255 e. The largest absolute Gasteiger partial charge is 0.324 e. The van der Waals surface area contributed by atoms with E-state index in [4.69, 9.17) is 0 Å². The number of sulfone groups is 1. The second-order valence-corrected chi connectivity index (χ2v) is 7.09. The fourth-order valence-electron chi connectivity index (χ4n) is 2.09. The van der Waals surface area contributed by atoms with Crippen LogP contribution in [0.5, 0.6) is 0 Å². The number of aromatic nitrogens is 1. The van der Waals surface area contributed by atoms with Crippen molar-refractivity contribution >= 4 is 21.4 Å². The second kappa shape index (κ2) is 5.76. The van der Waals surface area contributed by atoms with E-state index in [0.29, 0.717) is 16.9 Å². The van der Waals surface area contributed by atoms with Crippen molar-refractivity contribution < 1.29 is 13.2 Å². The highest BCUT2D eigenvalue weighted by molar-refractivity contribution is 7.90. The number of benzene rings is 1. The summed E-state index contributed by atoms with van der Waals surface area (Å²) in [5, 5.41) is 2.70. The minimum atomic E-state index is -3.38. The van der Waals surface area contributed by atoms with Crippen LogP contribution < -0.4 is 10.9 Å². The lowest BCUT2D eigenvalue weighted by Crippen LogP contribution is -2.17. The van der Waals surface area contributed by atoms with E-state index in [0.717, 1.165) is 6.26 Å². The molecule has 0 saturated heterocycles. The lowest BCUT2D eigenvalue weighted by Gasteiger charge is -2.11. The molecule has 22 heavy (non-hydrogen) atoms. The summed E-state index contributed by atoms with van der Waals surface area (Å²) in [6, 6.07) is 7.18. The lowest BCUT2D eigenvalue weighted by atomic mass is 10.1. The molecule has 1 aromatic carbocycles. The summed E-state index contributed by atoms with van der Waals surface area (Å²) in [5.74, 6) is -0.441. The number of aromatic amines is 1. The van der Waals surface area contributed by atoms with Crippen molar-refractivity contribution in [3.8, 4) is 0 Å². The second-order valence-electron chi connectivity index (χ2n) is 5.07. The van der Waals surface area contributed by atoms with Crippen LogP contribution >= 0.6 is 0 Å². The number of anilines is 1. The van der Waals surface area contributed by atoms with Crippen LogP contribution in [0.4, 0.5) is 5.69 Å². The first-order chi connectivity index (χ1) is 10.2. The van der Waals surface area contributed by atoms with Crippen molar-refractivity contribution in [1.82, 2.24) is 4.98 Å². The van der Waals surface area contributed by atoms with E-state index in [9.17, 15) is 18.0 Å². The first-order valence-electron chi connectivity index (χ1n) is 6.50. The summed E-state index contributed by atoms with van der Waals surface area (Å²) in [7, 11) is -3.38. The molecule has 0 unspecified atom stereocenters. The Morgan fingerprint density at radius 2 is 1.86 bits per heavy atom. The first-order valence-corrected chi connectivity index (χ1v) is 8.39. The Balaban J connectivity index is 2.37. The maximum atomic E-state index is 12.3. The van der Waals surface area contributed by atoms with Gasteiger partial charge in [0.1, 0.15) is 0 Å². The SMILES string of the molecule is Cc1cc(=O)[nH]c(C)c1NC(=O)c1cccc(S(C)(=O)=O)c1. The number of amides is 1. The van der Waals surface area contributed by atoms with Gasteiger partial charge in [0.25, 0.3) is 5.91 Å². The van der Waals surface area contributed by atoms with Gasteiger partial charge < -0.3 is 10.3 Å². The predicted octanol–water partition coefficient (Wildman–Crippen LogP) is 1.65. The molecule has 0 fully saturated rings. The average molecular weight is 320 g/mol. The average Bonchev–Trinajstić information content (AvgIpc) is 2.41. The first kappa shape index (κ1) is 16.0. The number of rotatable bonds is 3. The quantitative estimate of drug-likeness (QED) is 0.898. The Morgan fingerprint density at radius 3 is 2.45 bits per heavy atom. The Morgan fingerprint density at radius 1 is 1.18 bits per heavy atom. The molecule has 0 spiro atoms. The molecular formula is C15H16N2O4S. The molecule has 2 rings (SSSR count). The zero-order chi connectivity index (χ0) is 16.5. The minimum absolute atomic E-state index is 0.0788. The topological polar surface area (TPSA) is 96.1 Å². The fraction of sp³-hybridized carbons (Fsp3) is 0.200. The van der Waals surface area contributed by atoms with Gasteiger partial charge in [0.05, 0.1) is 10.6 Å². The Labute approximate surface area is 128 Å². The number of hydrogen-bond donors (Lipinski definition) is 2. The molecule has 116 valence electrons. The lowest BCUT2D eigenvalue weighted by molar-refractivity contribution is 0.102. The molecule has 0 radical (unpaired) electrons. The van der Waals surface area contributed by atoms with Crippen LogP contribution in [0.3, 0.4) is 0 Å². The van der Waals surface area contributed by atoms with Crippen LogP contribution in [-0.4, -0.2) is 25.6 Å². The number of hydrogen-bond acceptors (Lipinski definition) is 4. The molecule has 1 aromatic heterocycles. The number of H-pyrrole nitrogens is 1. The van der Waals surface area contributed by atoms with Gasteiger partial charge in [0, 0.05) is 23.6 Å². The highest BCUT2D eigenvalue weighted by atomic mass is 32.2. The van der Waals surface area contributed by atoms with Crippen molar-refractivity contribution in [2.45, 2.75) is 18.7 Å². The van der Waals surface area contributed by atoms with E-state index >= 15 is 0 Å². The zero-order valence-corrected chi connectivity index (χ0v) is 13.2. The van der Waals surface area contributed by atoms with Gasteiger partial charge in [-0.15, -0.1) is 0 Å². The number of pyridine rings is 1. The molecule has 7 heteroatoms. The van der Waals surface area contributed by atoms with Gasteiger partial charge in [-0.2, -0.15) is 0 Å². The normalized spacial score (nSPS) is 11.2. The summed E-state index contributed by atoms with van der Waals surface area (Å²) in [4.78, 5) is 26.3. The summed E-state index contributed by atoms with van der Waals surface area (Å²) in [6.45, 7) is 3.39. The van der Waals surface area contributed by atoms with Gasteiger partial charge in [-0.3, -0.25) is 9.59 Å². The van der Waals surface area contributed by atoms with E-state index in [1.165, 1.54) is 30.3 Å². The van der Waals surface area contributed by atoms with Crippen molar-refractivity contribution in [2.75, 3.05) is 11.6 Å². The molecule has 0 aliphatic carbocycles. The summed E-state index contributed by atoms with van der Waals surface area (Å²) in [5.41, 5.74) is 1.67. The van der Waals surface area contributed by atoms with E-state index in [1.807, 2.05) is 0 Å². The molecule has 1 heterocycles. The van der Waals surface area contributed by atoms with Gasteiger partial charge >= 0.3 is 0 Å². The highest BCUT2D eigenvalue weighted by Gasteiger charge is 2.14. The van der Waals surface area contributed by atoms with Crippen molar-refractivity contribution in [2.24, 2.45) is 0 Å². The molecule has 0 atom stereocenters. The number of nitrogens with one attached hydrogen (secondary N) is 2. The van der Waals surface area contributed by atoms with Gasteiger partial charge in [0.15, 0.2) is 9.84 Å². The third-order valence-corrected chi connectivity index (χ3v) is 4.30. The zero-order valence-electron chi connectivity index (χ0n) is 12.4. The monoisotopic (exact) mass is 320 g/mol. The fourth-order valence-corrected chi connectivity index (χ4v) is 2.76. The summed E-state index contributed by atoms with van der Waals surface area (Å²) < 4.78 is 23.1. The Bertz CT molecular complexity index is 872. The maximum absolute atomic E-state index is 12.3. The van der Waals surface area contributed by atoms with Gasteiger partial charge in [-0.25, -0.2) is 8.42 Å². The van der Waals surface area contributed by atoms with Crippen LogP contribution in [0.15, 0.2) is 40.0 Å². The molecule has 0 bridgehead atoms. The van der Waals surface area contributed by atoms with Crippen molar-refractivity contribution in [3.63, 3.8) is 0 Å². The van der Waals surface area contributed by atoms with Gasteiger partial charge in [-0.1, -0.05) is 6.07 Å². The molecule has 1 amide bonds. The molecule has 2 N–H and O–H groups in total. The molecule has 2 aromatic rings. The van der Waals surface area contributed by atoms with Crippen LogP contribution in [0, 0.1) is 13.8 Å². The number of carbonyl (C=O) groups is 1.